The van der Waals surface area contributed by atoms with Crippen molar-refractivity contribution in [1.82, 2.24) is 10.2 Å². The van der Waals surface area contributed by atoms with Crippen molar-refractivity contribution in [3.63, 3.8) is 0 Å². The second-order valence-electron chi connectivity index (χ2n) is 7.16. The molecule has 0 spiro atoms. The Labute approximate surface area is 169 Å². The SMILES string of the molecule is COc1ccc(S(=O)(=O)C(F)(F)F)cc1NC(=O)CN1C(=O)NC(C)(C2CC2)C1=O. The first-order chi connectivity index (χ1) is 13.8. The number of nitrogens with one attached hydrogen (secondary N) is 2. The van der Waals surface area contributed by atoms with E-state index < -0.39 is 50.2 Å². The lowest BCUT2D eigenvalue weighted by atomic mass is 9.96. The molecule has 1 aliphatic heterocycles. The van der Waals surface area contributed by atoms with Crippen molar-refractivity contribution < 1.29 is 40.7 Å². The Balaban J connectivity index is 1.80. The van der Waals surface area contributed by atoms with Crippen molar-refractivity contribution in [2.45, 2.75) is 35.7 Å². The van der Waals surface area contributed by atoms with Crippen LogP contribution in [-0.2, 0) is 19.4 Å². The molecular weight excluding hydrogens is 431 g/mol. The van der Waals surface area contributed by atoms with E-state index >= 15 is 0 Å². The van der Waals surface area contributed by atoms with Crippen molar-refractivity contribution in [3.05, 3.63) is 18.2 Å². The molecule has 1 unspecified atom stereocenters. The summed E-state index contributed by atoms with van der Waals surface area (Å²) in [5.74, 6) is -1.63. The van der Waals surface area contributed by atoms with Crippen LogP contribution in [0, 0.1) is 5.92 Å². The van der Waals surface area contributed by atoms with Gasteiger partial charge in [-0.1, -0.05) is 0 Å². The summed E-state index contributed by atoms with van der Waals surface area (Å²) in [7, 11) is -4.49. The maximum atomic E-state index is 12.8. The van der Waals surface area contributed by atoms with Crippen LogP contribution in [0.25, 0.3) is 0 Å². The van der Waals surface area contributed by atoms with Crippen molar-refractivity contribution >= 4 is 33.4 Å². The Bertz CT molecular complexity index is 1020. The Morgan fingerprint density at radius 2 is 1.97 bits per heavy atom. The summed E-state index contributed by atoms with van der Waals surface area (Å²) in [4.78, 5) is 36.7. The fourth-order valence-corrected chi connectivity index (χ4v) is 4.00. The lowest BCUT2D eigenvalue weighted by molar-refractivity contribution is -0.134. The zero-order chi connectivity index (χ0) is 22.5. The van der Waals surface area contributed by atoms with E-state index in [0.717, 1.165) is 18.9 Å². The third-order valence-corrected chi connectivity index (χ3v) is 6.54. The average Bonchev–Trinajstić information content (AvgIpc) is 3.47. The molecule has 2 fully saturated rings. The summed E-state index contributed by atoms with van der Waals surface area (Å²) in [5, 5.41) is 4.75. The molecule has 1 atom stereocenters. The van der Waals surface area contributed by atoms with E-state index in [1.54, 1.807) is 6.92 Å². The van der Waals surface area contributed by atoms with E-state index in [9.17, 15) is 36.0 Å². The van der Waals surface area contributed by atoms with E-state index in [-0.39, 0.29) is 17.4 Å². The maximum Gasteiger partial charge on any atom is 0.501 e. The Hall–Kier alpha value is -2.83. The first-order valence-electron chi connectivity index (χ1n) is 8.74. The van der Waals surface area contributed by atoms with Gasteiger partial charge in [0.1, 0.15) is 17.8 Å². The second-order valence-corrected chi connectivity index (χ2v) is 9.10. The van der Waals surface area contributed by atoms with Gasteiger partial charge in [-0.05, 0) is 43.9 Å². The summed E-state index contributed by atoms with van der Waals surface area (Å²) in [6, 6.07) is 1.48. The molecule has 1 aromatic carbocycles. The van der Waals surface area contributed by atoms with Gasteiger partial charge in [0.25, 0.3) is 15.7 Å². The predicted octanol–water partition coefficient (Wildman–Crippen LogP) is 1.65. The van der Waals surface area contributed by atoms with Crippen molar-refractivity contribution in [1.29, 1.82) is 0 Å². The van der Waals surface area contributed by atoms with Crippen LogP contribution < -0.4 is 15.4 Å². The number of ether oxygens (including phenoxy) is 1. The number of urea groups is 1. The van der Waals surface area contributed by atoms with E-state index in [4.69, 9.17) is 4.74 Å². The number of hydrogen-bond acceptors (Lipinski definition) is 6. The molecule has 0 bridgehead atoms. The minimum absolute atomic E-state index is 0.0219. The van der Waals surface area contributed by atoms with Gasteiger partial charge in [0.2, 0.25) is 5.91 Å². The molecule has 4 amide bonds. The summed E-state index contributed by atoms with van der Waals surface area (Å²) >= 11 is 0. The number of sulfone groups is 1. The third kappa shape index (κ3) is 3.68. The summed E-state index contributed by atoms with van der Waals surface area (Å²) in [6.45, 7) is 0.865. The lowest BCUT2D eigenvalue weighted by Gasteiger charge is -2.21. The minimum atomic E-state index is -5.65. The molecule has 164 valence electrons. The van der Waals surface area contributed by atoms with Gasteiger partial charge in [0.15, 0.2) is 0 Å². The highest BCUT2D eigenvalue weighted by Crippen LogP contribution is 2.42. The molecule has 13 heteroatoms. The van der Waals surface area contributed by atoms with Gasteiger partial charge in [-0.15, -0.1) is 0 Å². The first-order valence-corrected chi connectivity index (χ1v) is 10.2. The van der Waals surface area contributed by atoms with Crippen LogP contribution in [0.1, 0.15) is 19.8 Å². The lowest BCUT2D eigenvalue weighted by Crippen LogP contribution is -2.46. The highest BCUT2D eigenvalue weighted by Gasteiger charge is 2.56. The van der Waals surface area contributed by atoms with Crippen LogP contribution in [0.5, 0.6) is 5.75 Å². The molecule has 9 nitrogen and oxygen atoms in total. The van der Waals surface area contributed by atoms with Crippen LogP contribution in [0.3, 0.4) is 0 Å². The highest BCUT2D eigenvalue weighted by atomic mass is 32.2. The Morgan fingerprint density at radius 3 is 2.50 bits per heavy atom. The van der Waals surface area contributed by atoms with Crippen LogP contribution >= 0.6 is 0 Å². The number of amides is 4. The van der Waals surface area contributed by atoms with Gasteiger partial charge in [-0.2, -0.15) is 13.2 Å². The van der Waals surface area contributed by atoms with Crippen molar-refractivity contribution in [2.24, 2.45) is 5.92 Å². The number of benzene rings is 1. The van der Waals surface area contributed by atoms with Crippen LogP contribution in [0.2, 0.25) is 0 Å². The summed E-state index contributed by atoms with van der Waals surface area (Å²) in [6.07, 6.45) is 1.53. The van der Waals surface area contributed by atoms with Crippen molar-refractivity contribution in [3.8, 4) is 5.75 Å². The van der Waals surface area contributed by atoms with E-state index in [2.05, 4.69) is 10.6 Å². The molecule has 1 aliphatic carbocycles. The molecule has 0 aromatic heterocycles. The molecule has 1 aromatic rings. The van der Waals surface area contributed by atoms with Gasteiger partial charge < -0.3 is 15.4 Å². The second kappa shape index (κ2) is 7.15. The van der Waals surface area contributed by atoms with E-state index in [1.807, 2.05) is 0 Å². The minimum Gasteiger partial charge on any atom is -0.495 e. The number of nitrogens with zero attached hydrogens (tertiary/aromatic N) is 1. The monoisotopic (exact) mass is 449 g/mol. The third-order valence-electron chi connectivity index (χ3n) is 5.06. The standard InChI is InChI=1S/C17H18F3N3O6S/c1-16(9-3-4-9)14(25)23(15(26)22-16)8-13(24)21-11-7-10(5-6-12(11)29-2)30(27,28)17(18,19)20/h5-7,9H,3-4,8H2,1-2H3,(H,21,24)(H,22,26). The topological polar surface area (TPSA) is 122 Å². The van der Waals surface area contributed by atoms with E-state index in [0.29, 0.717) is 17.0 Å². The average molecular weight is 449 g/mol. The van der Waals surface area contributed by atoms with Gasteiger partial charge in [0, 0.05) is 0 Å². The van der Waals surface area contributed by atoms with Gasteiger partial charge in [0.05, 0.1) is 17.7 Å². The quantitative estimate of drug-likeness (QED) is 0.637. The van der Waals surface area contributed by atoms with Crippen LogP contribution in [-0.4, -0.2) is 55.9 Å². The van der Waals surface area contributed by atoms with Crippen LogP contribution in [0.4, 0.5) is 23.7 Å². The zero-order valence-electron chi connectivity index (χ0n) is 15.9. The Morgan fingerprint density at radius 1 is 1.33 bits per heavy atom. The molecule has 3 rings (SSSR count). The van der Waals surface area contributed by atoms with Crippen LogP contribution in [0.15, 0.2) is 23.1 Å². The molecule has 0 radical (unpaired) electrons. The number of halogens is 3. The molecule has 30 heavy (non-hydrogen) atoms. The normalized spacial score (nSPS) is 22.1. The number of hydrogen-bond donors (Lipinski definition) is 2. The van der Waals surface area contributed by atoms with Gasteiger partial charge in [-0.25, -0.2) is 13.2 Å². The maximum absolute atomic E-state index is 12.8. The number of imide groups is 1. The molecule has 1 saturated carbocycles. The number of carbonyl (C=O) groups excluding carboxylic acids is 3. The largest absolute Gasteiger partial charge is 0.501 e. The first kappa shape index (κ1) is 21.9. The summed E-state index contributed by atoms with van der Waals surface area (Å²) < 4.78 is 66.6. The molecule has 1 saturated heterocycles. The zero-order valence-corrected chi connectivity index (χ0v) is 16.7. The van der Waals surface area contributed by atoms with Gasteiger partial charge >= 0.3 is 11.5 Å². The fraction of sp³-hybridized carbons (Fsp3) is 0.471. The Kier molecular flexibility index (Phi) is 5.21. The van der Waals surface area contributed by atoms with Gasteiger partial charge in [-0.3, -0.25) is 14.5 Å². The number of anilines is 1. The van der Waals surface area contributed by atoms with Crippen molar-refractivity contribution in [2.75, 3.05) is 19.0 Å². The number of alkyl halides is 3. The molecule has 1 heterocycles. The summed E-state index contributed by atoms with van der Waals surface area (Å²) in [5.41, 5.74) is -6.99. The fourth-order valence-electron chi connectivity index (χ4n) is 3.22. The number of methoxy groups -OCH3 is 1. The predicted molar refractivity (Wildman–Crippen MR) is 96.2 cm³/mol. The smallest absolute Gasteiger partial charge is 0.495 e. The molecular formula is C17H18F3N3O6S. The molecule has 2 aliphatic rings. The highest BCUT2D eigenvalue weighted by molar-refractivity contribution is 7.92. The number of rotatable bonds is 6. The molecule has 2 N–H and O–H groups in total. The number of carbonyl (C=O) groups is 3. The van der Waals surface area contributed by atoms with E-state index in [1.165, 1.54) is 7.11 Å².